The lowest BCUT2D eigenvalue weighted by Crippen LogP contribution is -2.62. The summed E-state index contributed by atoms with van der Waals surface area (Å²) in [5, 5.41) is 3.37. The van der Waals surface area contributed by atoms with Crippen LogP contribution in [0.25, 0.3) is 0 Å². The molecular weight excluding hydrogens is 304 g/mol. The van der Waals surface area contributed by atoms with Crippen LogP contribution in [-0.4, -0.2) is 48.8 Å². The minimum atomic E-state index is -0.707. The Bertz CT molecular complexity index is 703. The lowest BCUT2D eigenvalue weighted by molar-refractivity contribution is 0.0545. The molecule has 0 radical (unpaired) electrons. The first-order chi connectivity index (χ1) is 11.8. The maximum atomic E-state index is 12.6. The first-order valence-electron chi connectivity index (χ1n) is 8.22. The Morgan fingerprint density at radius 2 is 1.79 bits per heavy atom. The number of carbonyl (C=O) groups excluding carboxylic acids is 1. The molecule has 4 rings (SSSR count). The molecule has 1 N–H and O–H groups in total. The van der Waals surface area contributed by atoms with Crippen LogP contribution in [0.1, 0.15) is 5.69 Å². The molecule has 124 valence electrons. The smallest absolute Gasteiger partial charge is 0.416 e. The van der Waals surface area contributed by atoms with E-state index >= 15 is 0 Å². The number of anilines is 1. The topological polar surface area (TPSA) is 57.7 Å². The molecule has 2 aromatic rings. The Labute approximate surface area is 141 Å². The van der Waals surface area contributed by atoms with E-state index in [4.69, 9.17) is 4.74 Å². The van der Waals surface area contributed by atoms with Gasteiger partial charge < -0.3 is 10.1 Å². The van der Waals surface area contributed by atoms with Crippen molar-refractivity contribution in [3.8, 4) is 0 Å². The highest BCUT2D eigenvalue weighted by Crippen LogP contribution is 2.40. The summed E-state index contributed by atoms with van der Waals surface area (Å²) >= 11 is 0. The molecule has 6 nitrogen and oxygen atoms in total. The average molecular weight is 324 g/mol. The van der Waals surface area contributed by atoms with Crippen LogP contribution < -0.4 is 10.2 Å². The van der Waals surface area contributed by atoms with E-state index in [1.54, 1.807) is 11.1 Å². The highest BCUT2D eigenvalue weighted by atomic mass is 16.6. The fourth-order valence-electron chi connectivity index (χ4n) is 3.56. The second kappa shape index (κ2) is 6.22. The second-order valence-electron chi connectivity index (χ2n) is 5.99. The number of benzene rings is 1. The van der Waals surface area contributed by atoms with E-state index < -0.39 is 5.66 Å². The zero-order valence-electron chi connectivity index (χ0n) is 13.4. The van der Waals surface area contributed by atoms with Crippen molar-refractivity contribution in [3.05, 3.63) is 60.4 Å². The van der Waals surface area contributed by atoms with E-state index in [0.717, 1.165) is 37.6 Å². The van der Waals surface area contributed by atoms with Crippen molar-refractivity contribution in [2.75, 3.05) is 37.7 Å². The van der Waals surface area contributed by atoms with Gasteiger partial charge in [-0.15, -0.1) is 0 Å². The number of carbonyl (C=O) groups is 1. The number of hydrogen-bond donors (Lipinski definition) is 1. The van der Waals surface area contributed by atoms with Gasteiger partial charge in [-0.2, -0.15) is 0 Å². The zero-order chi connectivity index (χ0) is 16.4. The fraction of sp³-hybridized carbons (Fsp3) is 0.333. The third-order valence-electron chi connectivity index (χ3n) is 4.68. The van der Waals surface area contributed by atoms with Crippen LogP contribution in [0.15, 0.2) is 54.7 Å². The summed E-state index contributed by atoms with van der Waals surface area (Å²) in [6, 6.07) is 15.5. The number of hydrogen-bond acceptors (Lipinski definition) is 5. The number of aromatic nitrogens is 1. The Balaban J connectivity index is 1.86. The van der Waals surface area contributed by atoms with Gasteiger partial charge in [0.15, 0.2) is 5.66 Å². The molecule has 6 heteroatoms. The maximum Gasteiger partial charge on any atom is 0.416 e. The highest BCUT2D eigenvalue weighted by Gasteiger charge is 2.54. The summed E-state index contributed by atoms with van der Waals surface area (Å²) in [6.07, 6.45) is 1.44. The monoisotopic (exact) mass is 324 g/mol. The number of rotatable bonds is 3. The van der Waals surface area contributed by atoms with Gasteiger partial charge in [0.1, 0.15) is 6.61 Å². The third kappa shape index (κ3) is 2.35. The van der Waals surface area contributed by atoms with Crippen molar-refractivity contribution in [2.24, 2.45) is 0 Å². The molecule has 2 saturated heterocycles. The predicted molar refractivity (Wildman–Crippen MR) is 90.6 cm³/mol. The molecule has 24 heavy (non-hydrogen) atoms. The number of nitrogens with zero attached hydrogens (tertiary/aromatic N) is 3. The molecule has 1 unspecified atom stereocenters. The predicted octanol–water partition coefficient (Wildman–Crippen LogP) is 1.80. The van der Waals surface area contributed by atoms with E-state index in [1.807, 2.05) is 48.5 Å². The van der Waals surface area contributed by atoms with E-state index in [0.29, 0.717) is 0 Å². The largest absolute Gasteiger partial charge is 0.445 e. The normalized spacial score (nSPS) is 24.8. The number of nitrogens with one attached hydrogen (secondary N) is 1. The molecule has 1 aromatic heterocycles. The number of pyridine rings is 1. The Morgan fingerprint density at radius 3 is 2.50 bits per heavy atom. The van der Waals surface area contributed by atoms with E-state index in [2.05, 4.69) is 15.2 Å². The van der Waals surface area contributed by atoms with Crippen molar-refractivity contribution in [2.45, 2.75) is 5.66 Å². The molecule has 0 aliphatic carbocycles. The van der Waals surface area contributed by atoms with E-state index in [-0.39, 0.29) is 12.7 Å². The van der Waals surface area contributed by atoms with Gasteiger partial charge in [-0.25, -0.2) is 9.69 Å². The van der Waals surface area contributed by atoms with Crippen molar-refractivity contribution < 1.29 is 9.53 Å². The molecular formula is C18H20N4O2. The molecule has 1 amide bonds. The van der Waals surface area contributed by atoms with Crippen molar-refractivity contribution in [1.29, 1.82) is 0 Å². The van der Waals surface area contributed by atoms with Crippen LogP contribution in [0.3, 0.4) is 0 Å². The lowest BCUT2D eigenvalue weighted by Gasteiger charge is -2.45. The summed E-state index contributed by atoms with van der Waals surface area (Å²) in [4.78, 5) is 21.3. The van der Waals surface area contributed by atoms with Gasteiger partial charge in [-0.05, 0) is 24.3 Å². The first kappa shape index (κ1) is 15.1. The number of ether oxygens (including phenoxy) is 1. The van der Waals surface area contributed by atoms with Gasteiger partial charge in [0.2, 0.25) is 0 Å². The summed E-state index contributed by atoms with van der Waals surface area (Å²) in [6.45, 7) is 3.70. The molecule has 1 aromatic carbocycles. The average Bonchev–Trinajstić information content (AvgIpc) is 3.02. The van der Waals surface area contributed by atoms with Crippen LogP contribution in [0.5, 0.6) is 0 Å². The molecule has 2 aliphatic heterocycles. The van der Waals surface area contributed by atoms with E-state index in [9.17, 15) is 4.79 Å². The minimum Gasteiger partial charge on any atom is -0.445 e. The van der Waals surface area contributed by atoms with Crippen molar-refractivity contribution in [1.82, 2.24) is 15.2 Å². The minimum absolute atomic E-state index is 0.276. The summed E-state index contributed by atoms with van der Waals surface area (Å²) in [5.41, 5.74) is 0.952. The molecule has 1 atom stereocenters. The number of para-hydroxylation sites is 1. The Kier molecular flexibility index (Phi) is 3.92. The second-order valence-corrected chi connectivity index (χ2v) is 5.99. The van der Waals surface area contributed by atoms with E-state index in [1.165, 1.54) is 0 Å². The molecule has 3 heterocycles. The van der Waals surface area contributed by atoms with Gasteiger partial charge in [0.25, 0.3) is 0 Å². The molecule has 0 saturated carbocycles. The molecule has 0 spiro atoms. The van der Waals surface area contributed by atoms with Gasteiger partial charge in [-0.1, -0.05) is 24.3 Å². The van der Waals surface area contributed by atoms with Gasteiger partial charge >= 0.3 is 6.09 Å². The molecule has 0 bridgehead atoms. The zero-order valence-corrected chi connectivity index (χ0v) is 13.4. The third-order valence-corrected chi connectivity index (χ3v) is 4.68. The Hall–Kier alpha value is -2.44. The summed E-state index contributed by atoms with van der Waals surface area (Å²) < 4.78 is 5.53. The van der Waals surface area contributed by atoms with Crippen LogP contribution in [0.2, 0.25) is 0 Å². The number of piperazine rings is 1. The quantitative estimate of drug-likeness (QED) is 0.933. The molecule has 2 fully saturated rings. The molecule has 2 aliphatic rings. The van der Waals surface area contributed by atoms with Crippen LogP contribution in [0.4, 0.5) is 10.5 Å². The maximum absolute atomic E-state index is 12.6. The van der Waals surface area contributed by atoms with Crippen molar-refractivity contribution in [3.63, 3.8) is 0 Å². The van der Waals surface area contributed by atoms with Gasteiger partial charge in [0, 0.05) is 38.1 Å². The number of cyclic esters (lactones) is 1. The van der Waals surface area contributed by atoms with Crippen molar-refractivity contribution >= 4 is 11.8 Å². The van der Waals surface area contributed by atoms with Crippen LogP contribution >= 0.6 is 0 Å². The van der Waals surface area contributed by atoms with Crippen LogP contribution in [-0.2, 0) is 10.4 Å². The summed E-state index contributed by atoms with van der Waals surface area (Å²) in [7, 11) is 0. The highest BCUT2D eigenvalue weighted by molar-refractivity contribution is 5.91. The standard InChI is InChI=1S/C18H20N4O2/c23-17-22(15-6-2-1-3-7-15)18(14-24-17,16-8-4-5-9-20-16)21-12-10-19-11-13-21/h1-9,19H,10-14H2. The van der Waals surface area contributed by atoms with Crippen LogP contribution in [0, 0.1) is 0 Å². The lowest BCUT2D eigenvalue weighted by atomic mass is 10.00. The Morgan fingerprint density at radius 1 is 1.04 bits per heavy atom. The van der Waals surface area contributed by atoms with Gasteiger partial charge in [0.05, 0.1) is 5.69 Å². The van der Waals surface area contributed by atoms with Gasteiger partial charge in [-0.3, -0.25) is 9.88 Å². The first-order valence-corrected chi connectivity index (χ1v) is 8.22. The summed E-state index contributed by atoms with van der Waals surface area (Å²) in [5.74, 6) is 0. The fourth-order valence-corrected chi connectivity index (χ4v) is 3.56. The number of amides is 1. The SMILES string of the molecule is O=C1OCC(c2ccccn2)(N2CCNCC2)N1c1ccccc1.